The molecule has 0 radical (unpaired) electrons. The molecule has 0 bridgehead atoms. The number of rotatable bonds is 3. The monoisotopic (exact) mass is 194 g/mol. The van der Waals surface area contributed by atoms with Gasteiger partial charge in [0.15, 0.2) is 0 Å². The van der Waals surface area contributed by atoms with Gasteiger partial charge in [0.1, 0.15) is 0 Å². The van der Waals surface area contributed by atoms with E-state index in [0.29, 0.717) is 11.3 Å². The Hall–Kier alpha value is -0.830. The lowest BCUT2D eigenvalue weighted by Gasteiger charge is -2.43. The van der Waals surface area contributed by atoms with Crippen molar-refractivity contribution in [3.05, 3.63) is 18.0 Å². The van der Waals surface area contributed by atoms with Crippen LogP contribution in [0.5, 0.6) is 0 Å². The average Bonchev–Trinajstić information content (AvgIpc) is 2.51. The molecule has 1 aromatic rings. The standard InChI is InChI=1S/C11H18N2O/c1-11(2)4-8(5-11)3-10(14)9-6-12-13-7-9/h6-8,10,14H,3-5H2,1-2H3,(H,12,13). The Bertz CT molecular complexity index is 284. The van der Waals surface area contributed by atoms with E-state index in [1.807, 2.05) is 0 Å². The fourth-order valence-electron chi connectivity index (χ4n) is 2.56. The SMILES string of the molecule is CC1(C)CC(CC(O)c2cn[nH]c2)C1. The summed E-state index contributed by atoms with van der Waals surface area (Å²) in [4.78, 5) is 0. The van der Waals surface area contributed by atoms with Gasteiger partial charge in [-0.1, -0.05) is 13.8 Å². The molecular weight excluding hydrogens is 176 g/mol. The lowest BCUT2D eigenvalue weighted by molar-refractivity contribution is 0.0428. The van der Waals surface area contributed by atoms with Gasteiger partial charge >= 0.3 is 0 Å². The Balaban J connectivity index is 1.82. The van der Waals surface area contributed by atoms with Gasteiger partial charge in [0, 0.05) is 11.8 Å². The van der Waals surface area contributed by atoms with Crippen molar-refractivity contribution in [2.75, 3.05) is 0 Å². The second kappa shape index (κ2) is 3.39. The fraction of sp³-hybridized carbons (Fsp3) is 0.727. The van der Waals surface area contributed by atoms with E-state index >= 15 is 0 Å². The number of hydrogen-bond acceptors (Lipinski definition) is 2. The van der Waals surface area contributed by atoms with Gasteiger partial charge in [0.05, 0.1) is 12.3 Å². The van der Waals surface area contributed by atoms with Crippen LogP contribution in [0.15, 0.2) is 12.4 Å². The molecule has 2 N–H and O–H groups in total. The van der Waals surface area contributed by atoms with Crippen molar-refractivity contribution in [1.82, 2.24) is 10.2 Å². The summed E-state index contributed by atoms with van der Waals surface area (Å²) in [6.45, 7) is 4.57. The molecule has 0 aliphatic heterocycles. The molecule has 3 nitrogen and oxygen atoms in total. The zero-order valence-electron chi connectivity index (χ0n) is 8.83. The van der Waals surface area contributed by atoms with Crippen molar-refractivity contribution < 1.29 is 5.11 Å². The molecule has 0 amide bonds. The van der Waals surface area contributed by atoms with Gasteiger partial charge in [-0.05, 0) is 30.6 Å². The second-order valence-electron chi connectivity index (χ2n) is 5.22. The highest BCUT2D eigenvalue weighted by Gasteiger charge is 2.36. The lowest BCUT2D eigenvalue weighted by Crippen LogP contribution is -2.32. The first-order valence-corrected chi connectivity index (χ1v) is 5.23. The maximum atomic E-state index is 9.86. The first kappa shape index (κ1) is 9.71. The highest BCUT2D eigenvalue weighted by atomic mass is 16.3. The van der Waals surface area contributed by atoms with Gasteiger partial charge in [-0.25, -0.2) is 0 Å². The van der Waals surface area contributed by atoms with Gasteiger partial charge < -0.3 is 5.11 Å². The topological polar surface area (TPSA) is 48.9 Å². The Kier molecular flexibility index (Phi) is 2.35. The third kappa shape index (κ3) is 1.98. The van der Waals surface area contributed by atoms with Crippen molar-refractivity contribution in [3.8, 4) is 0 Å². The largest absolute Gasteiger partial charge is 0.388 e. The molecule has 1 saturated carbocycles. The van der Waals surface area contributed by atoms with Gasteiger partial charge in [0.2, 0.25) is 0 Å². The molecule has 1 heterocycles. The average molecular weight is 194 g/mol. The Morgan fingerprint density at radius 1 is 1.64 bits per heavy atom. The van der Waals surface area contributed by atoms with Gasteiger partial charge in [-0.3, -0.25) is 5.10 Å². The number of aromatic nitrogens is 2. The number of nitrogens with zero attached hydrogens (tertiary/aromatic N) is 1. The highest BCUT2D eigenvalue weighted by Crippen LogP contribution is 2.48. The maximum absolute atomic E-state index is 9.86. The summed E-state index contributed by atoms with van der Waals surface area (Å²) in [7, 11) is 0. The van der Waals surface area contributed by atoms with Gasteiger partial charge in [-0.15, -0.1) is 0 Å². The molecule has 2 rings (SSSR count). The molecule has 1 fully saturated rings. The molecular formula is C11H18N2O. The summed E-state index contributed by atoms with van der Waals surface area (Å²) in [6.07, 6.45) is 6.49. The van der Waals surface area contributed by atoms with Crippen molar-refractivity contribution in [2.24, 2.45) is 11.3 Å². The molecule has 1 aliphatic rings. The summed E-state index contributed by atoms with van der Waals surface area (Å²) in [6, 6.07) is 0. The number of hydrogen-bond donors (Lipinski definition) is 2. The molecule has 14 heavy (non-hydrogen) atoms. The third-order valence-corrected chi connectivity index (χ3v) is 3.14. The van der Waals surface area contributed by atoms with E-state index in [-0.39, 0.29) is 6.10 Å². The molecule has 1 atom stereocenters. The molecule has 1 aromatic heterocycles. The predicted octanol–water partition coefficient (Wildman–Crippen LogP) is 2.27. The van der Waals surface area contributed by atoms with Gasteiger partial charge in [-0.2, -0.15) is 5.10 Å². The minimum Gasteiger partial charge on any atom is -0.388 e. The number of nitrogens with one attached hydrogen (secondary N) is 1. The minimum atomic E-state index is -0.338. The normalized spacial score (nSPS) is 23.1. The van der Waals surface area contributed by atoms with Crippen LogP contribution in [0.1, 0.15) is 44.8 Å². The Morgan fingerprint density at radius 3 is 2.86 bits per heavy atom. The first-order valence-electron chi connectivity index (χ1n) is 5.23. The van der Waals surface area contributed by atoms with Crippen LogP contribution in [-0.2, 0) is 0 Å². The van der Waals surface area contributed by atoms with Crippen LogP contribution in [0, 0.1) is 11.3 Å². The minimum absolute atomic E-state index is 0.338. The number of H-pyrrole nitrogens is 1. The third-order valence-electron chi connectivity index (χ3n) is 3.14. The van der Waals surface area contributed by atoms with Crippen LogP contribution in [0.3, 0.4) is 0 Å². The second-order valence-corrected chi connectivity index (χ2v) is 5.22. The van der Waals surface area contributed by atoms with Crippen molar-refractivity contribution in [2.45, 2.75) is 39.2 Å². The number of aromatic amines is 1. The number of aliphatic hydroxyl groups excluding tert-OH is 1. The molecule has 78 valence electrons. The van der Waals surface area contributed by atoms with Crippen molar-refractivity contribution in [1.29, 1.82) is 0 Å². The van der Waals surface area contributed by atoms with Crippen LogP contribution >= 0.6 is 0 Å². The Labute approximate surface area is 84.5 Å². The molecule has 0 saturated heterocycles. The van der Waals surface area contributed by atoms with E-state index in [4.69, 9.17) is 0 Å². The van der Waals surface area contributed by atoms with Crippen molar-refractivity contribution in [3.63, 3.8) is 0 Å². The maximum Gasteiger partial charge on any atom is 0.0823 e. The van der Waals surface area contributed by atoms with E-state index in [0.717, 1.165) is 12.0 Å². The molecule has 0 spiro atoms. The fourth-order valence-corrected chi connectivity index (χ4v) is 2.56. The Morgan fingerprint density at radius 2 is 2.36 bits per heavy atom. The van der Waals surface area contributed by atoms with Crippen LogP contribution in [0.2, 0.25) is 0 Å². The smallest absolute Gasteiger partial charge is 0.0823 e. The zero-order valence-corrected chi connectivity index (χ0v) is 8.83. The first-order chi connectivity index (χ1) is 6.57. The van der Waals surface area contributed by atoms with Gasteiger partial charge in [0.25, 0.3) is 0 Å². The van der Waals surface area contributed by atoms with E-state index < -0.39 is 0 Å². The molecule has 0 aromatic carbocycles. The van der Waals surface area contributed by atoms with Crippen molar-refractivity contribution >= 4 is 0 Å². The summed E-state index contributed by atoms with van der Waals surface area (Å²) < 4.78 is 0. The summed E-state index contributed by atoms with van der Waals surface area (Å²) in [5.41, 5.74) is 1.41. The molecule has 3 heteroatoms. The van der Waals surface area contributed by atoms with E-state index in [9.17, 15) is 5.11 Å². The van der Waals surface area contributed by atoms with E-state index in [2.05, 4.69) is 24.0 Å². The van der Waals surface area contributed by atoms with Crippen LogP contribution in [0.25, 0.3) is 0 Å². The predicted molar refractivity (Wildman–Crippen MR) is 54.7 cm³/mol. The van der Waals surface area contributed by atoms with E-state index in [1.54, 1.807) is 12.4 Å². The van der Waals surface area contributed by atoms with Crippen LogP contribution in [0.4, 0.5) is 0 Å². The summed E-state index contributed by atoms with van der Waals surface area (Å²) in [5.74, 6) is 0.690. The van der Waals surface area contributed by atoms with Crippen LogP contribution in [-0.4, -0.2) is 15.3 Å². The van der Waals surface area contributed by atoms with Crippen LogP contribution < -0.4 is 0 Å². The quantitative estimate of drug-likeness (QED) is 0.775. The zero-order chi connectivity index (χ0) is 10.2. The van der Waals surface area contributed by atoms with E-state index in [1.165, 1.54) is 12.8 Å². The summed E-state index contributed by atoms with van der Waals surface area (Å²) in [5, 5.41) is 16.4. The summed E-state index contributed by atoms with van der Waals surface area (Å²) >= 11 is 0. The molecule has 1 aliphatic carbocycles. The lowest BCUT2D eigenvalue weighted by atomic mass is 9.63. The highest BCUT2D eigenvalue weighted by molar-refractivity contribution is 5.07. The number of aliphatic hydroxyl groups is 1. The molecule has 1 unspecified atom stereocenters.